The van der Waals surface area contributed by atoms with Crippen molar-refractivity contribution in [1.29, 1.82) is 0 Å². The van der Waals surface area contributed by atoms with Crippen molar-refractivity contribution in [2.75, 3.05) is 5.32 Å². The van der Waals surface area contributed by atoms with Crippen LogP contribution in [0.25, 0.3) is 0 Å². The Balaban J connectivity index is 2.75. The minimum absolute atomic E-state index is 0.126. The van der Waals surface area contributed by atoms with Crippen LogP contribution in [0.5, 0.6) is 5.75 Å². The predicted octanol–water partition coefficient (Wildman–Crippen LogP) is 0.582. The SMILES string of the molecule is CC(=O)Oc1cccc(NC(=S)N=C(N)N)c1. The summed E-state index contributed by atoms with van der Waals surface area (Å²) in [5.74, 6) is -0.109. The van der Waals surface area contributed by atoms with Gasteiger partial charge in [0.15, 0.2) is 5.96 Å². The second kappa shape index (κ2) is 5.80. The number of nitrogens with zero attached hydrogens (tertiary/aromatic N) is 1. The van der Waals surface area contributed by atoms with Crippen LogP contribution < -0.4 is 21.5 Å². The van der Waals surface area contributed by atoms with Crippen LogP contribution in [-0.4, -0.2) is 17.0 Å². The highest BCUT2D eigenvalue weighted by molar-refractivity contribution is 7.80. The molecule has 0 heterocycles. The van der Waals surface area contributed by atoms with Gasteiger partial charge < -0.3 is 21.5 Å². The minimum Gasteiger partial charge on any atom is -0.427 e. The van der Waals surface area contributed by atoms with Crippen molar-refractivity contribution in [1.82, 2.24) is 0 Å². The van der Waals surface area contributed by atoms with Crippen molar-refractivity contribution in [3.63, 3.8) is 0 Å². The molecule has 0 unspecified atom stereocenters. The minimum atomic E-state index is -0.394. The molecule has 0 amide bonds. The van der Waals surface area contributed by atoms with Crippen LogP contribution in [0, 0.1) is 0 Å². The fourth-order valence-corrected chi connectivity index (χ4v) is 1.30. The molecule has 6 nitrogen and oxygen atoms in total. The summed E-state index contributed by atoms with van der Waals surface area (Å²) in [6, 6.07) is 6.70. The Hall–Kier alpha value is -2.15. The number of anilines is 1. The van der Waals surface area contributed by atoms with Gasteiger partial charge in [0.25, 0.3) is 0 Å². The second-order valence-corrected chi connectivity index (χ2v) is 3.47. The molecule has 0 saturated carbocycles. The number of rotatable bonds is 2. The highest BCUT2D eigenvalue weighted by Gasteiger charge is 2.01. The topological polar surface area (TPSA) is 103 Å². The molecular weight excluding hydrogens is 240 g/mol. The molecule has 0 aromatic heterocycles. The number of hydrogen-bond acceptors (Lipinski definition) is 3. The van der Waals surface area contributed by atoms with Gasteiger partial charge in [-0.25, -0.2) is 0 Å². The molecule has 0 aliphatic carbocycles. The Morgan fingerprint density at radius 2 is 2.18 bits per heavy atom. The standard InChI is InChI=1S/C10H12N4O2S/c1-6(15)16-8-4-2-3-7(5-8)13-10(17)14-9(11)12/h2-5H,1H3,(H5,11,12,13,14,17). The van der Waals surface area contributed by atoms with Gasteiger partial charge in [-0.3, -0.25) is 4.79 Å². The molecule has 0 spiro atoms. The first-order valence-electron chi connectivity index (χ1n) is 4.66. The van der Waals surface area contributed by atoms with E-state index in [1.54, 1.807) is 24.3 Å². The molecule has 0 bridgehead atoms. The number of ether oxygens (including phenoxy) is 1. The summed E-state index contributed by atoms with van der Waals surface area (Å²) in [6.45, 7) is 1.32. The molecule has 5 N–H and O–H groups in total. The monoisotopic (exact) mass is 252 g/mol. The fraction of sp³-hybridized carbons (Fsp3) is 0.100. The van der Waals surface area contributed by atoms with Crippen LogP contribution in [0.15, 0.2) is 29.3 Å². The molecule has 0 atom stereocenters. The molecule has 0 aliphatic heterocycles. The van der Waals surface area contributed by atoms with Crippen LogP contribution in [0.4, 0.5) is 5.69 Å². The van der Waals surface area contributed by atoms with Gasteiger partial charge in [-0.05, 0) is 24.4 Å². The first-order valence-corrected chi connectivity index (χ1v) is 5.07. The normalized spacial score (nSPS) is 9.24. The highest BCUT2D eigenvalue weighted by Crippen LogP contribution is 2.17. The van der Waals surface area contributed by atoms with Crippen molar-refractivity contribution in [2.24, 2.45) is 16.5 Å². The number of carbonyl (C=O) groups excluding carboxylic acids is 1. The number of hydrogen-bond donors (Lipinski definition) is 3. The Morgan fingerprint density at radius 3 is 2.76 bits per heavy atom. The third-order valence-electron chi connectivity index (χ3n) is 1.58. The zero-order valence-corrected chi connectivity index (χ0v) is 9.95. The van der Waals surface area contributed by atoms with E-state index in [4.69, 9.17) is 28.4 Å². The highest BCUT2D eigenvalue weighted by atomic mass is 32.1. The smallest absolute Gasteiger partial charge is 0.308 e. The molecule has 1 aromatic carbocycles. The van der Waals surface area contributed by atoms with E-state index in [0.29, 0.717) is 11.4 Å². The van der Waals surface area contributed by atoms with E-state index in [9.17, 15) is 4.79 Å². The van der Waals surface area contributed by atoms with Crippen molar-refractivity contribution >= 4 is 34.9 Å². The van der Waals surface area contributed by atoms with Gasteiger partial charge in [0, 0.05) is 18.7 Å². The molecule has 7 heteroatoms. The van der Waals surface area contributed by atoms with Gasteiger partial charge in [-0.15, -0.1) is 0 Å². The average Bonchev–Trinajstić information content (AvgIpc) is 2.14. The van der Waals surface area contributed by atoms with Crippen molar-refractivity contribution in [3.05, 3.63) is 24.3 Å². The number of esters is 1. The summed E-state index contributed by atoms with van der Waals surface area (Å²) in [7, 11) is 0. The largest absolute Gasteiger partial charge is 0.427 e. The van der Waals surface area contributed by atoms with E-state index < -0.39 is 5.97 Å². The van der Waals surface area contributed by atoms with Crippen LogP contribution in [0.1, 0.15) is 6.92 Å². The van der Waals surface area contributed by atoms with Crippen molar-refractivity contribution < 1.29 is 9.53 Å². The van der Waals surface area contributed by atoms with Gasteiger partial charge in [0.1, 0.15) is 5.75 Å². The second-order valence-electron chi connectivity index (χ2n) is 3.09. The van der Waals surface area contributed by atoms with Crippen LogP contribution in [0.2, 0.25) is 0 Å². The number of aliphatic imine (C=N–C) groups is 1. The summed E-state index contributed by atoms with van der Waals surface area (Å²) in [5.41, 5.74) is 11.0. The van der Waals surface area contributed by atoms with Gasteiger partial charge >= 0.3 is 5.97 Å². The van der Waals surface area contributed by atoms with Crippen LogP contribution in [0.3, 0.4) is 0 Å². The number of nitrogens with two attached hydrogens (primary N) is 2. The number of thiocarbonyl (C=S) groups is 1. The lowest BCUT2D eigenvalue weighted by Crippen LogP contribution is -2.25. The molecule has 0 radical (unpaired) electrons. The van der Waals surface area contributed by atoms with Crippen molar-refractivity contribution in [3.8, 4) is 5.75 Å². The number of guanidine groups is 1. The molecule has 1 rings (SSSR count). The van der Waals surface area contributed by atoms with E-state index >= 15 is 0 Å². The average molecular weight is 252 g/mol. The maximum atomic E-state index is 10.8. The predicted molar refractivity (Wildman–Crippen MR) is 69.8 cm³/mol. The van der Waals surface area contributed by atoms with Gasteiger partial charge in [-0.2, -0.15) is 4.99 Å². The zero-order valence-electron chi connectivity index (χ0n) is 9.14. The van der Waals surface area contributed by atoms with Crippen molar-refractivity contribution in [2.45, 2.75) is 6.92 Å². The maximum Gasteiger partial charge on any atom is 0.308 e. The van der Waals surface area contributed by atoms with Crippen LogP contribution in [-0.2, 0) is 4.79 Å². The van der Waals surface area contributed by atoms with E-state index in [1.807, 2.05) is 0 Å². The molecule has 90 valence electrons. The van der Waals surface area contributed by atoms with Gasteiger partial charge in [0.05, 0.1) is 0 Å². The quantitative estimate of drug-likeness (QED) is 0.234. The summed E-state index contributed by atoms with van der Waals surface area (Å²) in [4.78, 5) is 14.4. The summed E-state index contributed by atoms with van der Waals surface area (Å²) in [6.07, 6.45) is 0. The van der Waals surface area contributed by atoms with E-state index in [-0.39, 0.29) is 11.1 Å². The van der Waals surface area contributed by atoms with E-state index in [1.165, 1.54) is 6.92 Å². The Labute approximate surface area is 104 Å². The Kier molecular flexibility index (Phi) is 4.41. The zero-order chi connectivity index (χ0) is 12.8. The van der Waals surface area contributed by atoms with Gasteiger partial charge in [-0.1, -0.05) is 6.07 Å². The summed E-state index contributed by atoms with van der Waals surface area (Å²) in [5, 5.41) is 2.91. The summed E-state index contributed by atoms with van der Waals surface area (Å²) >= 11 is 4.88. The lowest BCUT2D eigenvalue weighted by Gasteiger charge is -2.06. The van der Waals surface area contributed by atoms with Gasteiger partial charge in [0.2, 0.25) is 5.11 Å². The molecule has 0 aliphatic rings. The Bertz CT molecular complexity index is 469. The molecule has 0 saturated heterocycles. The molecule has 17 heavy (non-hydrogen) atoms. The van der Waals surface area contributed by atoms with Crippen LogP contribution >= 0.6 is 12.2 Å². The lowest BCUT2D eigenvalue weighted by atomic mass is 10.3. The first-order chi connectivity index (χ1) is 7.97. The number of benzene rings is 1. The molecular formula is C10H12N4O2S. The third kappa shape index (κ3) is 4.94. The molecule has 1 aromatic rings. The first kappa shape index (κ1) is 12.9. The Morgan fingerprint density at radius 1 is 1.47 bits per heavy atom. The van der Waals surface area contributed by atoms with E-state index in [2.05, 4.69) is 10.3 Å². The molecule has 0 fully saturated rings. The third-order valence-corrected chi connectivity index (χ3v) is 1.77. The number of nitrogens with one attached hydrogen (secondary N) is 1. The van der Waals surface area contributed by atoms with E-state index in [0.717, 1.165) is 0 Å². The fourth-order valence-electron chi connectivity index (χ4n) is 1.07. The lowest BCUT2D eigenvalue weighted by molar-refractivity contribution is -0.131. The summed E-state index contributed by atoms with van der Waals surface area (Å²) < 4.78 is 4.91. The maximum absolute atomic E-state index is 10.8. The number of carbonyl (C=O) groups is 1.